The number of hydrogen-bond acceptors (Lipinski definition) is 5. The molecular weight excluding hydrogens is 286 g/mol. The fourth-order valence-electron chi connectivity index (χ4n) is 2.54. The van der Waals surface area contributed by atoms with E-state index in [-0.39, 0.29) is 17.9 Å². The molecule has 3 N–H and O–H groups in total. The van der Waals surface area contributed by atoms with E-state index in [4.69, 9.17) is 4.74 Å². The van der Waals surface area contributed by atoms with Gasteiger partial charge in [0.2, 0.25) is 0 Å². The Morgan fingerprint density at radius 3 is 2.71 bits per heavy atom. The molecule has 0 spiro atoms. The first-order valence-electron chi connectivity index (χ1n) is 7.86. The van der Waals surface area contributed by atoms with E-state index < -0.39 is 6.10 Å². The summed E-state index contributed by atoms with van der Waals surface area (Å²) in [5.74, 6) is 1.24. The predicted octanol–water partition coefficient (Wildman–Crippen LogP) is 1.67. The standard InChI is InChI=1S/C16H31NO3S/c1-12-6-4-5-7-14(12)10-20-11-15(19)8-17-13(2)16(9-18)21-3/h4-5,12-19H,6-11H2,1-3H3. The van der Waals surface area contributed by atoms with E-state index in [0.717, 1.165) is 19.4 Å². The monoisotopic (exact) mass is 317 g/mol. The summed E-state index contributed by atoms with van der Waals surface area (Å²) in [5, 5.41) is 22.6. The van der Waals surface area contributed by atoms with Gasteiger partial charge in [0.05, 0.1) is 25.9 Å². The largest absolute Gasteiger partial charge is 0.395 e. The topological polar surface area (TPSA) is 61.7 Å². The summed E-state index contributed by atoms with van der Waals surface area (Å²) in [7, 11) is 0. The molecule has 0 heterocycles. The molecule has 0 aliphatic heterocycles. The lowest BCUT2D eigenvalue weighted by Crippen LogP contribution is -2.42. The third-order valence-corrected chi connectivity index (χ3v) is 5.44. The average Bonchev–Trinajstić information content (AvgIpc) is 2.48. The van der Waals surface area contributed by atoms with E-state index in [1.165, 1.54) is 0 Å². The summed E-state index contributed by atoms with van der Waals surface area (Å²) in [6.07, 6.45) is 8.17. The minimum absolute atomic E-state index is 0.148. The van der Waals surface area contributed by atoms with E-state index in [9.17, 15) is 10.2 Å². The fourth-order valence-corrected chi connectivity index (χ4v) is 3.20. The molecule has 4 nitrogen and oxygen atoms in total. The van der Waals surface area contributed by atoms with Crippen LogP contribution in [0.1, 0.15) is 26.7 Å². The van der Waals surface area contributed by atoms with Crippen LogP contribution in [0.2, 0.25) is 0 Å². The number of thioether (sulfide) groups is 1. The predicted molar refractivity (Wildman–Crippen MR) is 89.7 cm³/mol. The second-order valence-electron chi connectivity index (χ2n) is 6.03. The molecule has 1 aliphatic carbocycles. The van der Waals surface area contributed by atoms with Crippen molar-refractivity contribution in [3.05, 3.63) is 12.2 Å². The van der Waals surface area contributed by atoms with Crippen molar-refractivity contribution in [3.63, 3.8) is 0 Å². The van der Waals surface area contributed by atoms with Gasteiger partial charge < -0.3 is 20.3 Å². The minimum Gasteiger partial charge on any atom is -0.395 e. The van der Waals surface area contributed by atoms with E-state index in [2.05, 4.69) is 24.4 Å². The van der Waals surface area contributed by atoms with Crippen LogP contribution in [-0.2, 0) is 4.74 Å². The molecule has 5 heteroatoms. The van der Waals surface area contributed by atoms with Gasteiger partial charge in [0.1, 0.15) is 0 Å². The van der Waals surface area contributed by atoms with Gasteiger partial charge in [-0.25, -0.2) is 0 Å². The van der Waals surface area contributed by atoms with Gasteiger partial charge in [-0.1, -0.05) is 19.1 Å². The molecule has 5 unspecified atom stereocenters. The zero-order valence-electron chi connectivity index (χ0n) is 13.5. The molecule has 0 saturated carbocycles. The maximum absolute atomic E-state index is 9.95. The zero-order valence-corrected chi connectivity index (χ0v) is 14.3. The van der Waals surface area contributed by atoms with Crippen molar-refractivity contribution in [2.24, 2.45) is 11.8 Å². The molecule has 0 amide bonds. The number of aliphatic hydroxyl groups is 2. The van der Waals surface area contributed by atoms with Gasteiger partial charge in [0, 0.05) is 17.8 Å². The van der Waals surface area contributed by atoms with Gasteiger partial charge in [-0.15, -0.1) is 0 Å². The Morgan fingerprint density at radius 2 is 2.10 bits per heavy atom. The molecular formula is C16H31NO3S. The lowest BCUT2D eigenvalue weighted by atomic mass is 9.85. The number of ether oxygens (including phenoxy) is 1. The van der Waals surface area contributed by atoms with Crippen LogP contribution < -0.4 is 5.32 Å². The Hall–Kier alpha value is -0.0700. The van der Waals surface area contributed by atoms with Crippen molar-refractivity contribution >= 4 is 11.8 Å². The van der Waals surface area contributed by atoms with Gasteiger partial charge in [-0.2, -0.15) is 11.8 Å². The highest BCUT2D eigenvalue weighted by Gasteiger charge is 2.19. The minimum atomic E-state index is -0.497. The van der Waals surface area contributed by atoms with Crippen LogP contribution in [0, 0.1) is 11.8 Å². The van der Waals surface area contributed by atoms with Crippen LogP contribution >= 0.6 is 11.8 Å². The highest BCUT2D eigenvalue weighted by molar-refractivity contribution is 7.99. The molecule has 1 rings (SSSR count). The van der Waals surface area contributed by atoms with E-state index >= 15 is 0 Å². The molecule has 21 heavy (non-hydrogen) atoms. The molecule has 1 aliphatic rings. The van der Waals surface area contributed by atoms with Gasteiger partial charge in [-0.3, -0.25) is 0 Å². The Labute approximate surface area is 133 Å². The van der Waals surface area contributed by atoms with Crippen LogP contribution in [0.25, 0.3) is 0 Å². The summed E-state index contributed by atoms with van der Waals surface area (Å²) in [4.78, 5) is 0. The Kier molecular flexibility index (Phi) is 9.60. The maximum atomic E-state index is 9.95. The van der Waals surface area contributed by atoms with Gasteiger partial charge in [-0.05, 0) is 37.9 Å². The van der Waals surface area contributed by atoms with Crippen molar-refractivity contribution in [3.8, 4) is 0 Å². The molecule has 0 aromatic carbocycles. The normalized spacial score (nSPS) is 26.5. The number of aliphatic hydroxyl groups excluding tert-OH is 2. The molecule has 5 atom stereocenters. The first-order valence-corrected chi connectivity index (χ1v) is 9.15. The summed E-state index contributed by atoms with van der Waals surface area (Å²) in [6, 6.07) is 0.170. The third kappa shape index (κ3) is 7.15. The van der Waals surface area contributed by atoms with E-state index in [1.807, 2.05) is 13.2 Å². The Balaban J connectivity index is 2.13. The molecule has 0 fully saturated rings. The van der Waals surface area contributed by atoms with Gasteiger partial charge in [0.25, 0.3) is 0 Å². The fraction of sp³-hybridized carbons (Fsp3) is 0.875. The third-order valence-electron chi connectivity index (χ3n) is 4.28. The number of hydrogen-bond donors (Lipinski definition) is 3. The van der Waals surface area contributed by atoms with Crippen molar-refractivity contribution in [2.45, 2.75) is 44.1 Å². The van der Waals surface area contributed by atoms with Crippen LogP contribution in [0.3, 0.4) is 0 Å². The van der Waals surface area contributed by atoms with E-state index in [1.54, 1.807) is 11.8 Å². The van der Waals surface area contributed by atoms with Crippen molar-refractivity contribution in [1.82, 2.24) is 5.32 Å². The Bertz CT molecular complexity index is 297. The number of nitrogens with one attached hydrogen (secondary N) is 1. The Morgan fingerprint density at radius 1 is 1.38 bits per heavy atom. The van der Waals surface area contributed by atoms with E-state index in [0.29, 0.717) is 25.0 Å². The molecule has 0 radical (unpaired) electrons. The van der Waals surface area contributed by atoms with Crippen molar-refractivity contribution < 1.29 is 14.9 Å². The lowest BCUT2D eigenvalue weighted by molar-refractivity contribution is 0.0119. The smallest absolute Gasteiger partial charge is 0.0897 e. The maximum Gasteiger partial charge on any atom is 0.0897 e. The lowest BCUT2D eigenvalue weighted by Gasteiger charge is -2.26. The molecule has 0 bridgehead atoms. The second-order valence-corrected chi connectivity index (χ2v) is 7.10. The highest BCUT2D eigenvalue weighted by atomic mass is 32.2. The van der Waals surface area contributed by atoms with Crippen LogP contribution in [0.5, 0.6) is 0 Å². The quantitative estimate of drug-likeness (QED) is 0.535. The number of allylic oxidation sites excluding steroid dienone is 2. The SMILES string of the molecule is CSC(CO)C(C)NCC(O)COCC1CC=CCC1C. The molecule has 0 aromatic heterocycles. The molecule has 0 saturated heterocycles. The van der Waals surface area contributed by atoms with Gasteiger partial charge in [0.15, 0.2) is 0 Å². The number of rotatable bonds is 10. The molecule has 124 valence electrons. The summed E-state index contributed by atoms with van der Waals surface area (Å²) in [5.41, 5.74) is 0. The molecule has 0 aromatic rings. The van der Waals surface area contributed by atoms with Gasteiger partial charge >= 0.3 is 0 Å². The summed E-state index contributed by atoms with van der Waals surface area (Å²) in [6.45, 7) is 6.03. The van der Waals surface area contributed by atoms with Crippen LogP contribution in [-0.4, -0.2) is 60.2 Å². The highest BCUT2D eigenvalue weighted by Crippen LogP contribution is 2.24. The second kappa shape index (κ2) is 10.6. The van der Waals surface area contributed by atoms with Crippen LogP contribution in [0.15, 0.2) is 12.2 Å². The first-order chi connectivity index (χ1) is 10.1. The summed E-state index contributed by atoms with van der Waals surface area (Å²) < 4.78 is 5.67. The van der Waals surface area contributed by atoms with Crippen molar-refractivity contribution in [1.29, 1.82) is 0 Å². The zero-order chi connectivity index (χ0) is 15.7. The van der Waals surface area contributed by atoms with Crippen LogP contribution in [0.4, 0.5) is 0 Å². The van der Waals surface area contributed by atoms with Crippen molar-refractivity contribution in [2.75, 3.05) is 32.6 Å². The average molecular weight is 317 g/mol. The first kappa shape index (κ1) is 19.0. The summed E-state index contributed by atoms with van der Waals surface area (Å²) >= 11 is 1.63.